The largest absolute Gasteiger partial charge is 0.461 e. The van der Waals surface area contributed by atoms with Crippen molar-refractivity contribution < 1.29 is 14.1 Å². The number of hydrogen-bond donors (Lipinski definition) is 0. The molecule has 0 radical (unpaired) electrons. The normalized spacial score (nSPS) is 10.3. The SMILES string of the molecule is CCCCCc1cc(C(=O)OCC)no1. The van der Waals surface area contributed by atoms with E-state index in [1.807, 2.05) is 0 Å². The van der Waals surface area contributed by atoms with Gasteiger partial charge in [-0.1, -0.05) is 24.9 Å². The molecule has 4 heteroatoms. The number of carbonyl (C=O) groups excluding carboxylic acids is 1. The molecule has 0 spiro atoms. The van der Waals surface area contributed by atoms with Crippen molar-refractivity contribution in [2.45, 2.75) is 39.5 Å². The lowest BCUT2D eigenvalue weighted by atomic mass is 10.2. The molecule has 0 aliphatic carbocycles. The average Bonchev–Trinajstić information content (AvgIpc) is 2.67. The topological polar surface area (TPSA) is 52.3 Å². The first kappa shape index (κ1) is 11.8. The highest BCUT2D eigenvalue weighted by molar-refractivity contribution is 5.87. The number of rotatable bonds is 6. The van der Waals surface area contributed by atoms with Crippen molar-refractivity contribution >= 4 is 5.97 Å². The van der Waals surface area contributed by atoms with Gasteiger partial charge in [0, 0.05) is 12.5 Å². The molecule has 84 valence electrons. The number of esters is 1. The molecule has 1 aromatic rings. The van der Waals surface area contributed by atoms with Crippen molar-refractivity contribution in [1.82, 2.24) is 5.16 Å². The molecule has 0 aromatic carbocycles. The second-order valence-corrected chi connectivity index (χ2v) is 3.36. The highest BCUT2D eigenvalue weighted by Crippen LogP contribution is 2.09. The van der Waals surface area contributed by atoms with E-state index in [9.17, 15) is 4.79 Å². The Labute approximate surface area is 89.6 Å². The fourth-order valence-corrected chi connectivity index (χ4v) is 1.28. The standard InChI is InChI=1S/C11H17NO3/c1-3-5-6-7-9-8-10(12-15-9)11(13)14-4-2/h8H,3-7H2,1-2H3. The van der Waals surface area contributed by atoms with Crippen LogP contribution < -0.4 is 0 Å². The maximum atomic E-state index is 11.2. The molecule has 0 N–H and O–H groups in total. The summed E-state index contributed by atoms with van der Waals surface area (Å²) in [6.07, 6.45) is 4.22. The summed E-state index contributed by atoms with van der Waals surface area (Å²) in [5, 5.41) is 3.66. The number of hydrogen-bond acceptors (Lipinski definition) is 4. The Balaban J connectivity index is 2.45. The maximum absolute atomic E-state index is 11.2. The van der Waals surface area contributed by atoms with Crippen LogP contribution in [0.1, 0.15) is 49.4 Å². The van der Waals surface area contributed by atoms with Crippen LogP contribution in [-0.4, -0.2) is 17.7 Å². The predicted octanol–water partition coefficient (Wildman–Crippen LogP) is 2.58. The zero-order valence-electron chi connectivity index (χ0n) is 9.28. The molecule has 15 heavy (non-hydrogen) atoms. The third kappa shape index (κ3) is 3.73. The minimum Gasteiger partial charge on any atom is -0.461 e. The van der Waals surface area contributed by atoms with Gasteiger partial charge in [0.2, 0.25) is 0 Å². The van der Waals surface area contributed by atoms with Gasteiger partial charge in [-0.2, -0.15) is 0 Å². The van der Waals surface area contributed by atoms with Crippen LogP contribution in [0.4, 0.5) is 0 Å². The summed E-state index contributed by atoms with van der Waals surface area (Å²) in [5.74, 6) is 0.342. The van der Waals surface area contributed by atoms with Gasteiger partial charge in [-0.05, 0) is 13.3 Å². The highest BCUT2D eigenvalue weighted by atomic mass is 16.5. The number of ether oxygens (including phenoxy) is 1. The van der Waals surface area contributed by atoms with Crippen LogP contribution in [0.15, 0.2) is 10.6 Å². The van der Waals surface area contributed by atoms with Gasteiger partial charge in [-0.15, -0.1) is 0 Å². The first-order chi connectivity index (χ1) is 7.27. The van der Waals surface area contributed by atoms with E-state index in [1.54, 1.807) is 13.0 Å². The summed E-state index contributed by atoms with van der Waals surface area (Å²) in [6.45, 7) is 4.27. The van der Waals surface area contributed by atoms with Crippen molar-refractivity contribution in [3.63, 3.8) is 0 Å². The molecule has 1 rings (SSSR count). The maximum Gasteiger partial charge on any atom is 0.360 e. The van der Waals surface area contributed by atoms with E-state index < -0.39 is 5.97 Å². The van der Waals surface area contributed by atoms with Crippen LogP contribution >= 0.6 is 0 Å². The molecule has 0 bridgehead atoms. The zero-order valence-corrected chi connectivity index (χ0v) is 9.28. The molecule has 0 aliphatic rings. The number of nitrogens with zero attached hydrogens (tertiary/aromatic N) is 1. The summed E-state index contributed by atoms with van der Waals surface area (Å²) in [6, 6.07) is 1.66. The van der Waals surface area contributed by atoms with Crippen LogP contribution in [-0.2, 0) is 11.2 Å². The van der Waals surface area contributed by atoms with Gasteiger partial charge in [0.05, 0.1) is 6.61 Å². The van der Waals surface area contributed by atoms with Crippen molar-refractivity contribution in [2.75, 3.05) is 6.61 Å². The van der Waals surface area contributed by atoms with E-state index >= 15 is 0 Å². The molecular formula is C11H17NO3. The lowest BCUT2D eigenvalue weighted by Crippen LogP contribution is -2.04. The quantitative estimate of drug-likeness (QED) is 0.536. The van der Waals surface area contributed by atoms with Gasteiger partial charge in [0.25, 0.3) is 0 Å². The fraction of sp³-hybridized carbons (Fsp3) is 0.636. The summed E-state index contributed by atoms with van der Waals surface area (Å²) in [7, 11) is 0. The Hall–Kier alpha value is -1.32. The average molecular weight is 211 g/mol. The van der Waals surface area contributed by atoms with Gasteiger partial charge >= 0.3 is 5.97 Å². The molecule has 0 saturated carbocycles. The smallest absolute Gasteiger partial charge is 0.360 e. The van der Waals surface area contributed by atoms with Crippen molar-refractivity contribution in [3.05, 3.63) is 17.5 Å². The first-order valence-corrected chi connectivity index (χ1v) is 5.40. The summed E-state index contributed by atoms with van der Waals surface area (Å²) >= 11 is 0. The van der Waals surface area contributed by atoms with Crippen LogP contribution in [0.5, 0.6) is 0 Å². The molecule has 0 amide bonds. The van der Waals surface area contributed by atoms with E-state index in [-0.39, 0.29) is 5.69 Å². The Kier molecular flexibility index (Phi) is 4.87. The number of carbonyl (C=O) groups is 1. The zero-order chi connectivity index (χ0) is 11.1. The second kappa shape index (κ2) is 6.22. The lowest BCUT2D eigenvalue weighted by Gasteiger charge is -1.94. The fourth-order valence-electron chi connectivity index (χ4n) is 1.28. The molecule has 0 unspecified atom stereocenters. The Morgan fingerprint density at radius 3 is 2.93 bits per heavy atom. The molecule has 1 aromatic heterocycles. The minimum atomic E-state index is -0.414. The Morgan fingerprint density at radius 2 is 2.27 bits per heavy atom. The number of unbranched alkanes of at least 4 members (excludes halogenated alkanes) is 2. The highest BCUT2D eigenvalue weighted by Gasteiger charge is 2.12. The first-order valence-electron chi connectivity index (χ1n) is 5.40. The van der Waals surface area contributed by atoms with E-state index in [0.29, 0.717) is 6.61 Å². The van der Waals surface area contributed by atoms with Crippen LogP contribution in [0, 0.1) is 0 Å². The molecule has 0 atom stereocenters. The van der Waals surface area contributed by atoms with E-state index in [0.717, 1.165) is 25.0 Å². The molecule has 0 saturated heterocycles. The van der Waals surface area contributed by atoms with Gasteiger partial charge < -0.3 is 9.26 Å². The summed E-state index contributed by atoms with van der Waals surface area (Å²) in [4.78, 5) is 11.2. The van der Waals surface area contributed by atoms with Crippen molar-refractivity contribution in [2.24, 2.45) is 0 Å². The third-order valence-corrected chi connectivity index (χ3v) is 2.07. The van der Waals surface area contributed by atoms with Crippen LogP contribution in [0.25, 0.3) is 0 Å². The van der Waals surface area contributed by atoms with E-state index in [1.165, 1.54) is 6.42 Å². The number of aryl methyl sites for hydroxylation is 1. The molecule has 0 fully saturated rings. The lowest BCUT2D eigenvalue weighted by molar-refractivity contribution is 0.0514. The van der Waals surface area contributed by atoms with Gasteiger partial charge in [-0.3, -0.25) is 0 Å². The molecule has 1 heterocycles. The van der Waals surface area contributed by atoms with E-state index in [2.05, 4.69) is 12.1 Å². The predicted molar refractivity (Wildman–Crippen MR) is 55.7 cm³/mol. The molecular weight excluding hydrogens is 194 g/mol. The molecule has 4 nitrogen and oxygen atoms in total. The third-order valence-electron chi connectivity index (χ3n) is 2.07. The van der Waals surface area contributed by atoms with Crippen LogP contribution in [0.2, 0.25) is 0 Å². The van der Waals surface area contributed by atoms with Gasteiger partial charge in [0.1, 0.15) is 5.76 Å². The summed E-state index contributed by atoms with van der Waals surface area (Å²) < 4.78 is 9.83. The minimum absolute atomic E-state index is 0.267. The van der Waals surface area contributed by atoms with Crippen molar-refractivity contribution in [1.29, 1.82) is 0 Å². The second-order valence-electron chi connectivity index (χ2n) is 3.36. The Bertz CT molecular complexity index is 307. The monoisotopic (exact) mass is 211 g/mol. The van der Waals surface area contributed by atoms with Crippen LogP contribution in [0.3, 0.4) is 0 Å². The summed E-state index contributed by atoms with van der Waals surface area (Å²) in [5.41, 5.74) is 0.267. The van der Waals surface area contributed by atoms with Crippen molar-refractivity contribution in [3.8, 4) is 0 Å². The van der Waals surface area contributed by atoms with Gasteiger partial charge in [-0.25, -0.2) is 4.79 Å². The number of aromatic nitrogens is 1. The van der Waals surface area contributed by atoms with Gasteiger partial charge in [0.15, 0.2) is 5.69 Å². The van der Waals surface area contributed by atoms with E-state index in [4.69, 9.17) is 9.26 Å². The Morgan fingerprint density at radius 1 is 1.47 bits per heavy atom. The molecule has 0 aliphatic heterocycles.